The van der Waals surface area contributed by atoms with Crippen LogP contribution in [0.1, 0.15) is 24.1 Å². The highest BCUT2D eigenvalue weighted by molar-refractivity contribution is 9.11. The summed E-state index contributed by atoms with van der Waals surface area (Å²) < 4.78 is 1.01. The van der Waals surface area contributed by atoms with Crippen LogP contribution in [0.3, 0.4) is 0 Å². The summed E-state index contributed by atoms with van der Waals surface area (Å²) in [6.45, 7) is 0.939. The number of hydrogen-bond acceptors (Lipinski definition) is 3. The van der Waals surface area contributed by atoms with Gasteiger partial charge in [0.15, 0.2) is 0 Å². The van der Waals surface area contributed by atoms with Crippen molar-refractivity contribution in [2.45, 2.75) is 31.8 Å². The number of nitrogens with zero attached hydrogens (tertiary/aromatic N) is 1. The van der Waals surface area contributed by atoms with E-state index >= 15 is 0 Å². The Bertz CT molecular complexity index is 477. The van der Waals surface area contributed by atoms with E-state index in [1.807, 2.05) is 12.1 Å². The van der Waals surface area contributed by atoms with Gasteiger partial charge < -0.3 is 15.3 Å². The fourth-order valence-corrected chi connectivity index (χ4v) is 3.57. The number of hydrogen-bond donors (Lipinski definition) is 2. The van der Waals surface area contributed by atoms with Crippen LogP contribution in [-0.2, 0) is 11.3 Å². The highest BCUT2D eigenvalue weighted by Gasteiger charge is 2.31. The summed E-state index contributed by atoms with van der Waals surface area (Å²) in [5, 5.41) is 11.9. The third kappa shape index (κ3) is 3.70. The number of likely N-dealkylation sites (tertiary alicyclic amines) is 1. The predicted octanol–water partition coefficient (Wildman–Crippen LogP) is 2.66. The van der Waals surface area contributed by atoms with E-state index < -0.39 is 12.0 Å². The Hall–Kier alpha value is -1.08. The number of carboxylic acids is 1. The first-order chi connectivity index (χ1) is 9.08. The summed E-state index contributed by atoms with van der Waals surface area (Å²) in [5.41, 5.74) is 0. The number of halogens is 1. The quantitative estimate of drug-likeness (QED) is 0.883. The Morgan fingerprint density at radius 2 is 2.26 bits per heavy atom. The second kappa shape index (κ2) is 6.38. The highest BCUT2D eigenvalue weighted by atomic mass is 79.9. The molecule has 0 bridgehead atoms. The number of aliphatic carboxylic acids is 1. The molecule has 0 aliphatic carbocycles. The van der Waals surface area contributed by atoms with E-state index in [4.69, 9.17) is 5.11 Å². The van der Waals surface area contributed by atoms with E-state index in [2.05, 4.69) is 21.2 Å². The minimum Gasteiger partial charge on any atom is -0.480 e. The highest BCUT2D eigenvalue weighted by Crippen LogP contribution is 2.22. The molecule has 1 fully saturated rings. The molecule has 2 rings (SSSR count). The lowest BCUT2D eigenvalue weighted by molar-refractivity contribution is -0.143. The molecule has 1 unspecified atom stereocenters. The molecule has 2 heterocycles. The first-order valence-corrected chi connectivity index (χ1v) is 7.70. The molecule has 0 radical (unpaired) electrons. The average molecular weight is 347 g/mol. The maximum absolute atomic E-state index is 12.0. The third-order valence-corrected chi connectivity index (χ3v) is 4.72. The molecule has 2 amide bonds. The molecule has 1 saturated heterocycles. The largest absolute Gasteiger partial charge is 0.480 e. The van der Waals surface area contributed by atoms with Gasteiger partial charge in [0.2, 0.25) is 0 Å². The molecule has 0 aromatic carbocycles. The van der Waals surface area contributed by atoms with Crippen LogP contribution in [0.4, 0.5) is 4.79 Å². The lowest BCUT2D eigenvalue weighted by Gasteiger charge is -2.32. The summed E-state index contributed by atoms with van der Waals surface area (Å²) in [5.74, 6) is -0.922. The molecule has 1 atom stereocenters. The van der Waals surface area contributed by atoms with Crippen molar-refractivity contribution in [3.63, 3.8) is 0 Å². The zero-order chi connectivity index (χ0) is 13.8. The molecule has 2 N–H and O–H groups in total. The molecule has 104 valence electrons. The van der Waals surface area contributed by atoms with E-state index in [-0.39, 0.29) is 6.03 Å². The van der Waals surface area contributed by atoms with E-state index in [0.29, 0.717) is 19.5 Å². The standard InChI is InChI=1S/C12H15BrN2O3S/c13-10-5-4-8(19-10)7-14-12(18)15-6-2-1-3-9(15)11(16)17/h4-5,9H,1-3,6-7H2,(H,14,18)(H,16,17). The SMILES string of the molecule is O=C(O)C1CCCCN1C(=O)NCc1ccc(Br)s1. The van der Waals surface area contributed by atoms with Gasteiger partial charge in [-0.25, -0.2) is 9.59 Å². The van der Waals surface area contributed by atoms with Crippen LogP contribution in [0.25, 0.3) is 0 Å². The van der Waals surface area contributed by atoms with Gasteiger partial charge in [0.05, 0.1) is 10.3 Å². The number of amides is 2. The molecule has 1 aliphatic heterocycles. The number of urea groups is 1. The minimum atomic E-state index is -0.922. The van der Waals surface area contributed by atoms with Crippen molar-refractivity contribution in [3.8, 4) is 0 Å². The summed E-state index contributed by atoms with van der Waals surface area (Å²) in [7, 11) is 0. The van der Waals surface area contributed by atoms with Crippen molar-refractivity contribution in [3.05, 3.63) is 20.8 Å². The van der Waals surface area contributed by atoms with Crippen molar-refractivity contribution < 1.29 is 14.7 Å². The van der Waals surface area contributed by atoms with Crippen LogP contribution in [0, 0.1) is 0 Å². The van der Waals surface area contributed by atoms with Gasteiger partial charge in [0.1, 0.15) is 6.04 Å². The Morgan fingerprint density at radius 3 is 2.89 bits per heavy atom. The van der Waals surface area contributed by atoms with E-state index in [0.717, 1.165) is 21.5 Å². The van der Waals surface area contributed by atoms with Crippen molar-refractivity contribution in [2.75, 3.05) is 6.54 Å². The molecule has 7 heteroatoms. The minimum absolute atomic E-state index is 0.295. The van der Waals surface area contributed by atoms with E-state index in [1.54, 1.807) is 11.3 Å². The summed E-state index contributed by atoms with van der Waals surface area (Å²) >= 11 is 4.91. The number of nitrogens with one attached hydrogen (secondary N) is 1. The van der Waals surface area contributed by atoms with Crippen molar-refractivity contribution in [2.24, 2.45) is 0 Å². The van der Waals surface area contributed by atoms with Gasteiger partial charge in [-0.15, -0.1) is 11.3 Å². The van der Waals surface area contributed by atoms with Crippen molar-refractivity contribution in [1.82, 2.24) is 10.2 Å². The van der Waals surface area contributed by atoms with Crippen LogP contribution in [0.5, 0.6) is 0 Å². The van der Waals surface area contributed by atoms with Gasteiger partial charge in [-0.05, 0) is 47.3 Å². The van der Waals surface area contributed by atoms with Crippen LogP contribution < -0.4 is 5.32 Å². The van der Waals surface area contributed by atoms with Gasteiger partial charge >= 0.3 is 12.0 Å². The Morgan fingerprint density at radius 1 is 1.47 bits per heavy atom. The second-order valence-corrected chi connectivity index (χ2v) is 6.96. The van der Waals surface area contributed by atoms with Crippen LogP contribution in [0.2, 0.25) is 0 Å². The number of rotatable bonds is 3. The average Bonchev–Trinajstić information content (AvgIpc) is 2.81. The number of carbonyl (C=O) groups excluding carboxylic acids is 1. The molecular formula is C12H15BrN2O3S. The van der Waals surface area contributed by atoms with Crippen molar-refractivity contribution in [1.29, 1.82) is 0 Å². The molecule has 5 nitrogen and oxygen atoms in total. The molecule has 0 saturated carbocycles. The predicted molar refractivity (Wildman–Crippen MR) is 76.2 cm³/mol. The molecule has 19 heavy (non-hydrogen) atoms. The molecule has 1 aliphatic rings. The maximum Gasteiger partial charge on any atom is 0.326 e. The normalized spacial score (nSPS) is 19.2. The smallest absolute Gasteiger partial charge is 0.326 e. The molecule has 0 spiro atoms. The number of carbonyl (C=O) groups is 2. The maximum atomic E-state index is 12.0. The van der Waals surface area contributed by atoms with Gasteiger partial charge in [-0.2, -0.15) is 0 Å². The van der Waals surface area contributed by atoms with Gasteiger partial charge in [0, 0.05) is 11.4 Å². The van der Waals surface area contributed by atoms with Crippen molar-refractivity contribution >= 4 is 39.3 Å². The first kappa shape index (κ1) is 14.3. The first-order valence-electron chi connectivity index (χ1n) is 6.09. The number of thiophene rings is 1. The fourth-order valence-electron chi connectivity index (χ4n) is 2.14. The summed E-state index contributed by atoms with van der Waals surface area (Å²) in [6, 6.07) is 2.87. The zero-order valence-corrected chi connectivity index (χ0v) is 12.7. The monoisotopic (exact) mass is 346 g/mol. The lowest BCUT2D eigenvalue weighted by Crippen LogP contribution is -2.51. The Balaban J connectivity index is 1.92. The number of piperidine rings is 1. The topological polar surface area (TPSA) is 69.6 Å². The van der Waals surface area contributed by atoms with Crippen LogP contribution in [-0.4, -0.2) is 34.6 Å². The van der Waals surface area contributed by atoms with Gasteiger partial charge in [-0.1, -0.05) is 0 Å². The van der Waals surface area contributed by atoms with Gasteiger partial charge in [0.25, 0.3) is 0 Å². The molecule has 1 aromatic heterocycles. The van der Waals surface area contributed by atoms with Crippen LogP contribution >= 0.6 is 27.3 Å². The van der Waals surface area contributed by atoms with E-state index in [9.17, 15) is 9.59 Å². The second-order valence-electron chi connectivity index (χ2n) is 4.41. The molecule has 1 aromatic rings. The third-order valence-electron chi connectivity index (χ3n) is 3.09. The van der Waals surface area contributed by atoms with Gasteiger partial charge in [-0.3, -0.25) is 0 Å². The molecular weight excluding hydrogens is 332 g/mol. The lowest BCUT2D eigenvalue weighted by atomic mass is 10.0. The van der Waals surface area contributed by atoms with E-state index in [1.165, 1.54) is 4.90 Å². The number of carboxylic acid groups (broad SMARTS) is 1. The Kier molecular flexibility index (Phi) is 4.81. The summed E-state index contributed by atoms with van der Waals surface area (Å²) in [6.07, 6.45) is 2.26. The Labute approximate surface area is 123 Å². The zero-order valence-electron chi connectivity index (χ0n) is 10.3. The van der Waals surface area contributed by atoms with Crippen LogP contribution in [0.15, 0.2) is 15.9 Å². The summed E-state index contributed by atoms with van der Waals surface area (Å²) in [4.78, 5) is 25.6. The fraction of sp³-hybridized carbons (Fsp3) is 0.500.